The molecule has 1 aromatic rings. The van der Waals surface area contributed by atoms with E-state index in [1.54, 1.807) is 0 Å². The molecule has 0 spiro atoms. The van der Waals surface area contributed by atoms with Crippen molar-refractivity contribution < 1.29 is 0 Å². The molecule has 2 heteroatoms. The van der Waals surface area contributed by atoms with Gasteiger partial charge in [0, 0.05) is 53.8 Å². The Balaban J connectivity index is 0.00000225. The fourth-order valence-electron chi connectivity index (χ4n) is 1.54. The summed E-state index contributed by atoms with van der Waals surface area (Å²) in [5.74, 6) is 2.13. The first-order valence-electron chi connectivity index (χ1n) is 5.97. The van der Waals surface area contributed by atoms with Gasteiger partial charge in [0.05, 0.1) is 0 Å². The van der Waals surface area contributed by atoms with Crippen LogP contribution in [0.1, 0.15) is 39.5 Å². The summed E-state index contributed by atoms with van der Waals surface area (Å²) in [5, 5.41) is 0. The zero-order valence-corrected chi connectivity index (χ0v) is 15.9. The van der Waals surface area contributed by atoms with Gasteiger partial charge in [-0.15, -0.1) is 11.8 Å². The zero-order chi connectivity index (χ0) is 10.9. The Bertz CT molecular complexity index is 246. The molecule has 1 rings (SSSR count). The average Bonchev–Trinajstić information content (AvgIpc) is 2.24. The Hall–Kier alpha value is 1.14. The Morgan fingerprint density at radius 3 is 2.31 bits per heavy atom. The maximum atomic E-state index is 2.30. The second kappa shape index (κ2) is 11.2. The minimum atomic E-state index is 0. The molecule has 0 N–H and O–H groups in total. The van der Waals surface area contributed by atoms with Crippen molar-refractivity contribution in [2.75, 3.05) is 5.75 Å². The van der Waals surface area contributed by atoms with Gasteiger partial charge < -0.3 is 0 Å². The summed E-state index contributed by atoms with van der Waals surface area (Å²) in [6, 6.07) is 10.7. The van der Waals surface area contributed by atoms with E-state index in [4.69, 9.17) is 0 Å². The molecule has 0 fully saturated rings. The van der Waals surface area contributed by atoms with E-state index in [2.05, 4.69) is 44.2 Å². The molecule has 0 saturated carbocycles. The summed E-state index contributed by atoms with van der Waals surface area (Å²) in [6.07, 6.45) is 5.52. The third-order valence-corrected chi connectivity index (χ3v) is 3.54. The predicted molar refractivity (Wildman–Crippen MR) is 76.2 cm³/mol. The van der Waals surface area contributed by atoms with E-state index in [9.17, 15) is 0 Å². The van der Waals surface area contributed by atoms with Crippen molar-refractivity contribution in [2.24, 2.45) is 5.92 Å². The average molecular weight is 360 g/mol. The van der Waals surface area contributed by atoms with Crippen LogP contribution in [0.15, 0.2) is 35.2 Å². The number of thioether (sulfide) groups is 1. The van der Waals surface area contributed by atoms with Crippen LogP contribution in [0.5, 0.6) is 0 Å². The molecule has 0 heterocycles. The van der Waals surface area contributed by atoms with Gasteiger partial charge in [-0.1, -0.05) is 51.3 Å². The smallest absolute Gasteiger partial charge is 0.00719 e. The summed E-state index contributed by atoms with van der Waals surface area (Å²) in [6.45, 7) is 4.61. The van der Waals surface area contributed by atoms with Gasteiger partial charge in [-0.05, 0) is 30.2 Å². The third kappa shape index (κ3) is 9.20. The van der Waals surface area contributed by atoms with Gasteiger partial charge >= 0.3 is 0 Å². The van der Waals surface area contributed by atoms with Crippen molar-refractivity contribution >= 4 is 60.6 Å². The Morgan fingerprint density at radius 2 is 1.69 bits per heavy atom. The molecule has 0 aliphatic rings. The van der Waals surface area contributed by atoms with Crippen LogP contribution >= 0.6 is 11.8 Å². The molecule has 0 bridgehead atoms. The number of hydrogen-bond donors (Lipinski definition) is 0. The first-order valence-corrected chi connectivity index (χ1v) is 6.95. The summed E-state index contributed by atoms with van der Waals surface area (Å²) in [5.41, 5.74) is 0. The van der Waals surface area contributed by atoms with Crippen LogP contribution in [0.2, 0.25) is 0 Å². The standard InChI is InChI=1S/C14H22S.Ba/c1-13(2)9-5-4-8-12-15-14-10-6-3-7-11-14;/h3,6-7,10-11,13H,4-5,8-9,12H2,1-2H3;. The van der Waals surface area contributed by atoms with Crippen LogP contribution in [0, 0.1) is 5.92 Å². The van der Waals surface area contributed by atoms with E-state index in [1.165, 1.54) is 36.3 Å². The minimum Gasteiger partial charge on any atom is -0.126 e. The second-order valence-corrected chi connectivity index (χ2v) is 5.57. The molecule has 86 valence electrons. The number of rotatable bonds is 7. The molecule has 0 aliphatic heterocycles. The van der Waals surface area contributed by atoms with Crippen LogP contribution in [0.25, 0.3) is 0 Å². The summed E-state index contributed by atoms with van der Waals surface area (Å²) >= 11 is 1.98. The minimum absolute atomic E-state index is 0. The van der Waals surface area contributed by atoms with Gasteiger partial charge in [0.1, 0.15) is 0 Å². The molecular weight excluding hydrogens is 338 g/mol. The molecule has 16 heavy (non-hydrogen) atoms. The van der Waals surface area contributed by atoms with Crippen molar-refractivity contribution in [1.29, 1.82) is 0 Å². The second-order valence-electron chi connectivity index (χ2n) is 4.40. The molecule has 0 unspecified atom stereocenters. The predicted octanol–water partition coefficient (Wildman–Crippen LogP) is 4.61. The van der Waals surface area contributed by atoms with Gasteiger partial charge in [-0.2, -0.15) is 0 Å². The van der Waals surface area contributed by atoms with Crippen molar-refractivity contribution in [3.8, 4) is 0 Å². The normalized spacial score (nSPS) is 10.2. The van der Waals surface area contributed by atoms with E-state index in [0.717, 1.165) is 5.92 Å². The molecule has 0 amide bonds. The number of hydrogen-bond acceptors (Lipinski definition) is 1. The molecule has 2 radical (unpaired) electrons. The Labute approximate surface area is 145 Å². The topological polar surface area (TPSA) is 0 Å². The van der Waals surface area contributed by atoms with Crippen molar-refractivity contribution in [1.82, 2.24) is 0 Å². The number of benzene rings is 1. The van der Waals surface area contributed by atoms with Crippen LogP contribution in [0.3, 0.4) is 0 Å². The fourth-order valence-corrected chi connectivity index (χ4v) is 2.47. The van der Waals surface area contributed by atoms with Crippen LogP contribution in [-0.4, -0.2) is 54.6 Å². The van der Waals surface area contributed by atoms with Crippen LogP contribution in [-0.2, 0) is 0 Å². The van der Waals surface area contributed by atoms with Crippen molar-refractivity contribution in [3.63, 3.8) is 0 Å². The summed E-state index contributed by atoms with van der Waals surface area (Å²) < 4.78 is 0. The Kier molecular flexibility index (Phi) is 12.0. The maximum absolute atomic E-state index is 2.30. The van der Waals surface area contributed by atoms with Crippen molar-refractivity contribution in [2.45, 2.75) is 44.4 Å². The Morgan fingerprint density at radius 1 is 1.00 bits per heavy atom. The molecule has 0 aromatic heterocycles. The van der Waals surface area contributed by atoms with E-state index in [-0.39, 0.29) is 48.9 Å². The van der Waals surface area contributed by atoms with Gasteiger partial charge in [-0.25, -0.2) is 0 Å². The molecule has 1 aromatic carbocycles. The first kappa shape index (κ1) is 17.1. The fraction of sp³-hybridized carbons (Fsp3) is 0.571. The van der Waals surface area contributed by atoms with E-state index >= 15 is 0 Å². The van der Waals surface area contributed by atoms with E-state index < -0.39 is 0 Å². The van der Waals surface area contributed by atoms with Gasteiger partial charge in [0.25, 0.3) is 0 Å². The largest absolute Gasteiger partial charge is 0.126 e. The molecule has 0 aliphatic carbocycles. The van der Waals surface area contributed by atoms with E-state index in [0.29, 0.717) is 0 Å². The van der Waals surface area contributed by atoms with Crippen molar-refractivity contribution in [3.05, 3.63) is 30.3 Å². The molecule has 0 nitrogen and oxygen atoms in total. The monoisotopic (exact) mass is 360 g/mol. The SMILES string of the molecule is CC(C)CCCCCSc1ccccc1.[Ba]. The quantitative estimate of drug-likeness (QED) is 0.389. The summed E-state index contributed by atoms with van der Waals surface area (Å²) in [7, 11) is 0. The van der Waals surface area contributed by atoms with Gasteiger partial charge in [0.15, 0.2) is 0 Å². The molecular formula is C14H22BaS. The van der Waals surface area contributed by atoms with Gasteiger partial charge in [-0.3, -0.25) is 0 Å². The molecule has 0 saturated heterocycles. The first-order chi connectivity index (χ1) is 7.29. The molecule has 0 atom stereocenters. The van der Waals surface area contributed by atoms with Crippen LogP contribution in [0.4, 0.5) is 0 Å². The van der Waals surface area contributed by atoms with Crippen LogP contribution < -0.4 is 0 Å². The zero-order valence-electron chi connectivity index (χ0n) is 10.6. The van der Waals surface area contributed by atoms with Gasteiger partial charge in [0.2, 0.25) is 0 Å². The van der Waals surface area contributed by atoms with E-state index in [1.807, 2.05) is 11.8 Å². The maximum Gasteiger partial charge on any atom is 0.00719 e. The number of unbranched alkanes of at least 4 members (excludes halogenated alkanes) is 2. The summed E-state index contributed by atoms with van der Waals surface area (Å²) in [4.78, 5) is 1.40. The third-order valence-electron chi connectivity index (χ3n) is 2.44.